The number of amides is 1. The maximum absolute atomic E-state index is 12.6. The van der Waals surface area contributed by atoms with Crippen LogP contribution in [0.2, 0.25) is 0 Å². The molecule has 26 heavy (non-hydrogen) atoms. The Labute approximate surface area is 154 Å². The van der Waals surface area contributed by atoms with Gasteiger partial charge in [0, 0.05) is 37.3 Å². The number of carbonyl (C=O) groups is 1. The van der Waals surface area contributed by atoms with Crippen LogP contribution < -0.4 is 5.32 Å². The third-order valence-electron chi connectivity index (χ3n) is 6.45. The summed E-state index contributed by atoms with van der Waals surface area (Å²) in [6, 6.07) is 0. The van der Waals surface area contributed by atoms with E-state index in [0.29, 0.717) is 25.0 Å². The molecule has 2 aliphatic carbocycles. The van der Waals surface area contributed by atoms with Crippen LogP contribution in [0.1, 0.15) is 55.5 Å². The molecule has 0 bridgehead atoms. The maximum atomic E-state index is 12.6. The zero-order valence-electron chi connectivity index (χ0n) is 15.6. The monoisotopic (exact) mass is 356 g/mol. The normalized spacial score (nSPS) is 27.7. The molecule has 3 heterocycles. The SMILES string of the molecule is Cc1nc(NCC2CC2)nc2c1COC[C@@]21CCN(C(=O)CC2CC2)C1. The molecule has 1 spiro atoms. The summed E-state index contributed by atoms with van der Waals surface area (Å²) < 4.78 is 5.95. The second-order valence-electron chi connectivity index (χ2n) is 8.77. The van der Waals surface area contributed by atoms with Crippen molar-refractivity contribution in [3.05, 3.63) is 17.0 Å². The number of aromatic nitrogens is 2. The molecule has 140 valence electrons. The Morgan fingerprint density at radius 1 is 1.27 bits per heavy atom. The number of anilines is 1. The van der Waals surface area contributed by atoms with Gasteiger partial charge in [-0.1, -0.05) is 0 Å². The molecule has 1 N–H and O–H groups in total. The Kier molecular flexibility index (Phi) is 3.92. The summed E-state index contributed by atoms with van der Waals surface area (Å²) in [7, 11) is 0. The van der Waals surface area contributed by atoms with E-state index in [2.05, 4.69) is 17.2 Å². The zero-order chi connectivity index (χ0) is 17.7. The number of carbonyl (C=O) groups excluding carboxylic acids is 1. The van der Waals surface area contributed by atoms with Gasteiger partial charge >= 0.3 is 0 Å². The highest BCUT2D eigenvalue weighted by Crippen LogP contribution is 2.41. The highest BCUT2D eigenvalue weighted by atomic mass is 16.5. The third-order valence-corrected chi connectivity index (χ3v) is 6.45. The van der Waals surface area contributed by atoms with Gasteiger partial charge in [-0.3, -0.25) is 4.79 Å². The zero-order valence-corrected chi connectivity index (χ0v) is 15.6. The van der Waals surface area contributed by atoms with Crippen LogP contribution in [0.15, 0.2) is 0 Å². The Hall–Kier alpha value is -1.69. The van der Waals surface area contributed by atoms with Crippen LogP contribution in [0.3, 0.4) is 0 Å². The fourth-order valence-electron chi connectivity index (χ4n) is 4.36. The summed E-state index contributed by atoms with van der Waals surface area (Å²) in [6.07, 6.45) is 6.73. The van der Waals surface area contributed by atoms with Gasteiger partial charge in [0.1, 0.15) is 0 Å². The van der Waals surface area contributed by atoms with Crippen LogP contribution in [-0.2, 0) is 21.6 Å². The second-order valence-corrected chi connectivity index (χ2v) is 8.77. The number of fused-ring (bicyclic) bond motifs is 2. The minimum Gasteiger partial charge on any atom is -0.376 e. The number of nitrogens with one attached hydrogen (secondary N) is 1. The second kappa shape index (κ2) is 6.19. The number of aryl methyl sites for hydroxylation is 1. The molecule has 1 saturated heterocycles. The molecule has 4 aliphatic rings. The Balaban J connectivity index is 1.39. The van der Waals surface area contributed by atoms with Crippen LogP contribution >= 0.6 is 0 Å². The molecule has 6 nitrogen and oxygen atoms in total. The van der Waals surface area contributed by atoms with Crippen molar-refractivity contribution in [3.63, 3.8) is 0 Å². The highest BCUT2D eigenvalue weighted by Gasteiger charge is 2.47. The first-order valence-corrected chi connectivity index (χ1v) is 10.1. The van der Waals surface area contributed by atoms with Gasteiger partial charge < -0.3 is 15.0 Å². The van der Waals surface area contributed by atoms with E-state index >= 15 is 0 Å². The fraction of sp³-hybridized carbons (Fsp3) is 0.750. The van der Waals surface area contributed by atoms with E-state index in [9.17, 15) is 4.79 Å². The molecule has 6 heteroatoms. The number of hydrogen-bond donors (Lipinski definition) is 1. The van der Waals surface area contributed by atoms with Crippen molar-refractivity contribution in [2.24, 2.45) is 11.8 Å². The summed E-state index contributed by atoms with van der Waals surface area (Å²) in [5.41, 5.74) is 3.10. The molecule has 5 rings (SSSR count). The quantitative estimate of drug-likeness (QED) is 0.877. The van der Waals surface area contributed by atoms with Crippen LogP contribution in [0.4, 0.5) is 5.95 Å². The summed E-state index contributed by atoms with van der Waals surface area (Å²) in [5.74, 6) is 2.48. The van der Waals surface area contributed by atoms with Crippen LogP contribution in [0.5, 0.6) is 0 Å². The minimum absolute atomic E-state index is 0.156. The Morgan fingerprint density at radius 3 is 2.85 bits per heavy atom. The first kappa shape index (κ1) is 16.5. The first-order valence-electron chi connectivity index (χ1n) is 10.1. The average Bonchev–Trinajstić information content (AvgIpc) is 3.55. The predicted octanol–water partition coefficient (Wildman–Crippen LogP) is 2.41. The van der Waals surface area contributed by atoms with Crippen LogP contribution in [0.25, 0.3) is 0 Å². The smallest absolute Gasteiger partial charge is 0.223 e. The van der Waals surface area contributed by atoms with Gasteiger partial charge in [-0.25, -0.2) is 9.97 Å². The topological polar surface area (TPSA) is 67.4 Å². The lowest BCUT2D eigenvalue weighted by Crippen LogP contribution is -2.42. The number of nitrogens with zero attached hydrogens (tertiary/aromatic N) is 3. The van der Waals surface area contributed by atoms with E-state index < -0.39 is 0 Å². The van der Waals surface area contributed by atoms with Gasteiger partial charge in [0.15, 0.2) is 0 Å². The molecule has 1 atom stereocenters. The van der Waals surface area contributed by atoms with E-state index in [0.717, 1.165) is 61.3 Å². The lowest BCUT2D eigenvalue weighted by atomic mass is 9.80. The van der Waals surface area contributed by atoms with Gasteiger partial charge in [-0.05, 0) is 50.9 Å². The summed E-state index contributed by atoms with van der Waals surface area (Å²) >= 11 is 0. The third kappa shape index (κ3) is 3.08. The largest absolute Gasteiger partial charge is 0.376 e. The number of ether oxygens (including phenoxy) is 1. The fourth-order valence-corrected chi connectivity index (χ4v) is 4.36. The Morgan fingerprint density at radius 2 is 2.08 bits per heavy atom. The van der Waals surface area contributed by atoms with E-state index in [-0.39, 0.29) is 5.41 Å². The van der Waals surface area contributed by atoms with Crippen molar-refractivity contribution in [1.29, 1.82) is 0 Å². The van der Waals surface area contributed by atoms with Gasteiger partial charge in [0.2, 0.25) is 11.9 Å². The van der Waals surface area contributed by atoms with E-state index in [1.807, 2.05) is 4.90 Å². The molecular weight excluding hydrogens is 328 g/mol. The first-order chi connectivity index (χ1) is 12.6. The van der Waals surface area contributed by atoms with E-state index in [1.54, 1.807) is 0 Å². The van der Waals surface area contributed by atoms with E-state index in [4.69, 9.17) is 9.72 Å². The highest BCUT2D eigenvalue weighted by molar-refractivity contribution is 5.77. The molecule has 1 aromatic rings. The molecular formula is C20H28N4O2. The maximum Gasteiger partial charge on any atom is 0.223 e. The van der Waals surface area contributed by atoms with Gasteiger partial charge in [0.05, 0.1) is 24.3 Å². The van der Waals surface area contributed by atoms with E-state index in [1.165, 1.54) is 25.7 Å². The summed E-state index contributed by atoms with van der Waals surface area (Å²) in [5, 5.41) is 3.43. The molecule has 2 aliphatic heterocycles. The van der Waals surface area contributed by atoms with Crippen LogP contribution in [-0.4, -0.2) is 47.0 Å². The summed E-state index contributed by atoms with van der Waals surface area (Å²) in [6.45, 7) is 5.82. The van der Waals surface area contributed by atoms with Gasteiger partial charge in [-0.15, -0.1) is 0 Å². The average molecular weight is 356 g/mol. The van der Waals surface area contributed by atoms with Crippen molar-refractivity contribution >= 4 is 11.9 Å². The van der Waals surface area contributed by atoms with Crippen LogP contribution in [0, 0.1) is 18.8 Å². The number of likely N-dealkylation sites (tertiary alicyclic amines) is 1. The lowest BCUT2D eigenvalue weighted by molar-refractivity contribution is -0.130. The molecule has 1 amide bonds. The predicted molar refractivity (Wildman–Crippen MR) is 97.9 cm³/mol. The molecule has 2 saturated carbocycles. The molecule has 0 aromatic carbocycles. The minimum atomic E-state index is -0.156. The van der Waals surface area contributed by atoms with Crippen molar-refractivity contribution < 1.29 is 9.53 Å². The number of hydrogen-bond acceptors (Lipinski definition) is 5. The molecule has 1 aromatic heterocycles. The Bertz CT molecular complexity index is 729. The van der Waals surface area contributed by atoms with Crippen molar-refractivity contribution in [2.75, 3.05) is 31.6 Å². The molecule has 3 fully saturated rings. The van der Waals surface area contributed by atoms with Crippen molar-refractivity contribution in [3.8, 4) is 0 Å². The van der Waals surface area contributed by atoms with Crippen molar-refractivity contribution in [2.45, 2.75) is 57.5 Å². The lowest BCUT2D eigenvalue weighted by Gasteiger charge is -2.35. The number of rotatable bonds is 5. The molecule has 0 unspecified atom stereocenters. The summed E-state index contributed by atoms with van der Waals surface area (Å²) in [4.78, 5) is 24.2. The van der Waals surface area contributed by atoms with Crippen molar-refractivity contribution in [1.82, 2.24) is 14.9 Å². The standard InChI is InChI=1S/C20H28N4O2/c1-13-16-10-26-12-20(6-7-24(11-20)17(25)8-14-2-3-14)18(16)23-19(22-13)21-9-15-4-5-15/h14-15H,2-12H2,1H3,(H,21,22,23)/t20-/m0/s1. The van der Waals surface area contributed by atoms with Gasteiger partial charge in [-0.2, -0.15) is 0 Å². The van der Waals surface area contributed by atoms with Gasteiger partial charge in [0.25, 0.3) is 0 Å². The molecule has 0 radical (unpaired) electrons.